The average Bonchev–Trinajstić information content (AvgIpc) is 2.31. The van der Waals surface area contributed by atoms with E-state index >= 15 is 0 Å². The number of rotatable bonds is 1. The van der Waals surface area contributed by atoms with E-state index in [0.29, 0.717) is 0 Å². The molecule has 1 rings (SSSR count). The van der Waals surface area contributed by atoms with E-state index in [1.54, 1.807) is 0 Å². The third-order valence-corrected chi connectivity index (χ3v) is 1.49. The molecule has 0 N–H and O–H groups in total. The Morgan fingerprint density at radius 3 is 3.00 bits per heavy atom. The Morgan fingerprint density at radius 2 is 2.30 bits per heavy atom. The van der Waals surface area contributed by atoms with Gasteiger partial charge in [0.2, 0.25) is 0 Å². The first kappa shape index (κ1) is 1.71. The van der Waals surface area contributed by atoms with Gasteiger partial charge < -0.3 is 0 Å². The van der Waals surface area contributed by atoms with Gasteiger partial charge in [0.15, 0.2) is 0 Å². The topological polar surface area (TPSA) is 0 Å². The molecule has 0 aliphatic rings. The van der Waals surface area contributed by atoms with Gasteiger partial charge in [-0.2, -0.15) is 0 Å². The molecule has 1 aromatic rings. The van der Waals surface area contributed by atoms with E-state index in [1.165, 1.54) is 0 Å². The summed E-state index contributed by atoms with van der Waals surface area (Å²) in [6.07, 6.45) is 0. The summed E-state index contributed by atoms with van der Waals surface area (Å²) < 4.78 is 82.2. The fraction of sp³-hybridized carbons (Fsp3) is 0.333. The number of halogens is 1. The molecule has 54 valence electrons. The number of benzene rings is 1. The maximum atomic E-state index is 8.01. The molecule has 0 nitrogen and oxygen atoms in total. The lowest BCUT2D eigenvalue weighted by Gasteiger charge is -2.06. The van der Waals surface area contributed by atoms with Gasteiger partial charge in [-0.25, -0.2) is 0 Å². The van der Waals surface area contributed by atoms with E-state index in [0.717, 1.165) is 0 Å². The Balaban J connectivity index is 3.96. The minimum Gasteiger partial charge on any atom is -0.0619 e. The molecule has 1 heteroatoms. The van der Waals surface area contributed by atoms with E-state index < -0.39 is 53.8 Å². The van der Waals surface area contributed by atoms with Crippen molar-refractivity contribution in [3.63, 3.8) is 0 Å². The Kier molecular flexibility index (Phi) is 0.548. The largest absolute Gasteiger partial charge is 0.0635 e. The second-order valence-corrected chi connectivity index (χ2v) is 2.36. The second kappa shape index (κ2) is 3.20. The summed E-state index contributed by atoms with van der Waals surface area (Å²) in [7, 11) is 0. The number of hydrogen-bond donors (Lipinski definition) is 0. The van der Waals surface area contributed by atoms with Gasteiger partial charge >= 0.3 is 0 Å². The van der Waals surface area contributed by atoms with Crippen LogP contribution in [0.5, 0.6) is 0 Å². The molecule has 0 atom stereocenters. The van der Waals surface area contributed by atoms with Gasteiger partial charge in [-0.15, -0.1) is 0 Å². The van der Waals surface area contributed by atoms with Crippen LogP contribution in [0.1, 0.15) is 40.2 Å². The van der Waals surface area contributed by atoms with Crippen molar-refractivity contribution in [1.29, 1.82) is 0 Å². The summed E-state index contributed by atoms with van der Waals surface area (Å²) in [4.78, 5) is 0. The van der Waals surface area contributed by atoms with Gasteiger partial charge in [-0.3, -0.25) is 0 Å². The zero-order valence-corrected chi connectivity index (χ0v) is 6.46. The lowest BCUT2D eigenvalue weighted by atomic mass is 10.0. The molecule has 0 unspecified atom stereocenters. The van der Waals surface area contributed by atoms with Crippen molar-refractivity contribution in [3.05, 3.63) is 34.2 Å². The SMILES string of the molecule is [2H]c1c([2H])c([2H])c(C([2H])(C([2H])([2H])[2H])C([2H])([2H])[2H])c(Br)c1[2H]. The molecule has 0 fully saturated rings. The van der Waals surface area contributed by atoms with Crippen LogP contribution in [0.3, 0.4) is 0 Å². The maximum Gasteiger partial charge on any atom is 0.0635 e. The molecule has 0 amide bonds. The van der Waals surface area contributed by atoms with Crippen molar-refractivity contribution < 1.29 is 15.1 Å². The average molecular weight is 210 g/mol. The molecule has 1 aromatic carbocycles. The molecule has 0 saturated carbocycles. The van der Waals surface area contributed by atoms with Crippen LogP contribution in [0, 0.1) is 0 Å². The highest BCUT2D eigenvalue weighted by Crippen LogP contribution is 2.23. The highest BCUT2D eigenvalue weighted by Gasteiger charge is 2.00. The summed E-state index contributed by atoms with van der Waals surface area (Å²) in [5.41, 5.74) is -0.798. The van der Waals surface area contributed by atoms with E-state index in [4.69, 9.17) is 15.1 Å². The predicted molar refractivity (Wildman–Crippen MR) is 48.2 cm³/mol. The van der Waals surface area contributed by atoms with Crippen LogP contribution in [0.25, 0.3) is 0 Å². The standard InChI is InChI=1S/C9H11Br/c1-7(2)8-5-3-4-6-9(8)10/h3-7H,1-2H3/i1D3,2D3,3D,4D,5D,6D,7D. The van der Waals surface area contributed by atoms with Gasteiger partial charge in [0.25, 0.3) is 0 Å². The van der Waals surface area contributed by atoms with Crippen LogP contribution in [-0.4, -0.2) is 0 Å². The first-order chi connectivity index (χ1) is 9.18. The first-order valence-corrected chi connectivity index (χ1v) is 3.23. The van der Waals surface area contributed by atoms with E-state index in [2.05, 4.69) is 15.9 Å². The summed E-state index contributed by atoms with van der Waals surface area (Å²) in [5.74, 6) is -3.19. The summed E-state index contributed by atoms with van der Waals surface area (Å²) >= 11 is 2.81. The van der Waals surface area contributed by atoms with Crippen LogP contribution in [0.15, 0.2) is 28.6 Å². The molecule has 0 spiro atoms. The van der Waals surface area contributed by atoms with Crippen molar-refractivity contribution in [2.24, 2.45) is 0 Å². The number of hydrogen-bond acceptors (Lipinski definition) is 0. The Bertz CT molecular complexity index is 528. The summed E-state index contributed by atoms with van der Waals surface area (Å²) in [5, 5.41) is 0. The van der Waals surface area contributed by atoms with Crippen molar-refractivity contribution in [3.8, 4) is 0 Å². The van der Waals surface area contributed by atoms with Crippen LogP contribution in [0.2, 0.25) is 0 Å². The lowest BCUT2D eigenvalue weighted by molar-refractivity contribution is 0.861. The third-order valence-electron chi connectivity index (χ3n) is 0.892. The van der Waals surface area contributed by atoms with E-state index in [9.17, 15) is 0 Å². The van der Waals surface area contributed by atoms with Crippen LogP contribution in [0.4, 0.5) is 0 Å². The molecule has 0 aliphatic heterocycles. The molecular formula is C9H11Br. The van der Waals surface area contributed by atoms with Crippen molar-refractivity contribution in [1.82, 2.24) is 0 Å². The zero-order valence-electron chi connectivity index (χ0n) is 15.9. The fourth-order valence-electron chi connectivity index (χ4n) is 0.469. The van der Waals surface area contributed by atoms with Crippen molar-refractivity contribution >= 4 is 15.9 Å². The van der Waals surface area contributed by atoms with Gasteiger partial charge in [0, 0.05) is 14.1 Å². The highest BCUT2D eigenvalue weighted by atomic mass is 79.9. The quantitative estimate of drug-likeness (QED) is 0.664. The second-order valence-electron chi connectivity index (χ2n) is 1.56. The first-order valence-electron chi connectivity index (χ1n) is 7.94. The maximum absolute atomic E-state index is 8.01. The molecule has 0 aliphatic carbocycles. The molecule has 10 heavy (non-hydrogen) atoms. The van der Waals surface area contributed by atoms with Crippen molar-refractivity contribution in [2.45, 2.75) is 19.6 Å². The zero-order chi connectivity index (χ0) is 17.0. The molecule has 0 radical (unpaired) electrons. The van der Waals surface area contributed by atoms with Gasteiger partial charge in [0.1, 0.15) is 0 Å². The minimum atomic E-state index is -3.32. The fourth-order valence-corrected chi connectivity index (χ4v) is 0.866. The summed E-state index contributed by atoms with van der Waals surface area (Å²) in [6.45, 7) is -6.64. The van der Waals surface area contributed by atoms with Crippen molar-refractivity contribution in [2.75, 3.05) is 0 Å². The Hall–Kier alpha value is -0.300. The molecule has 0 heterocycles. The van der Waals surface area contributed by atoms with Crippen LogP contribution < -0.4 is 0 Å². The van der Waals surface area contributed by atoms with Gasteiger partial charge in [0.05, 0.1) is 5.48 Å². The van der Waals surface area contributed by atoms with Crippen LogP contribution >= 0.6 is 15.9 Å². The Labute approximate surface area is 85.8 Å². The van der Waals surface area contributed by atoms with Gasteiger partial charge in [-0.1, -0.05) is 47.8 Å². The van der Waals surface area contributed by atoms with E-state index in [-0.39, 0.29) is 0 Å². The molecule has 0 saturated heterocycles. The smallest absolute Gasteiger partial charge is 0.0619 e. The monoisotopic (exact) mass is 209 g/mol. The van der Waals surface area contributed by atoms with Crippen LogP contribution in [-0.2, 0) is 0 Å². The minimum absolute atomic E-state index is 0.434. The molecule has 0 bridgehead atoms. The molecule has 0 aromatic heterocycles. The predicted octanol–water partition coefficient (Wildman–Crippen LogP) is 3.57. The van der Waals surface area contributed by atoms with E-state index in [1.807, 2.05) is 0 Å². The Morgan fingerprint density at radius 1 is 1.60 bits per heavy atom. The normalized spacial score (nSPS) is 29.9. The summed E-state index contributed by atoms with van der Waals surface area (Å²) in [6, 6.07) is -2.92. The lowest BCUT2D eigenvalue weighted by Crippen LogP contribution is -1.86. The third kappa shape index (κ3) is 1.60. The van der Waals surface area contributed by atoms with Gasteiger partial charge in [-0.05, 0) is 17.5 Å². The highest BCUT2D eigenvalue weighted by molar-refractivity contribution is 9.10. The molecular weight excluding hydrogens is 188 g/mol.